The van der Waals surface area contributed by atoms with Gasteiger partial charge in [0.1, 0.15) is 11.3 Å². The van der Waals surface area contributed by atoms with Crippen LogP contribution in [0.15, 0.2) is 41.5 Å². The maximum Gasteiger partial charge on any atom is 0.274 e. The van der Waals surface area contributed by atoms with Crippen LogP contribution < -0.4 is 5.56 Å². The highest BCUT2D eigenvalue weighted by atomic mass is 19.1. The van der Waals surface area contributed by atoms with Crippen molar-refractivity contribution in [3.8, 4) is 11.3 Å². The Morgan fingerprint density at radius 3 is 2.62 bits per heavy atom. The van der Waals surface area contributed by atoms with Crippen LogP contribution >= 0.6 is 0 Å². The molecule has 2 aromatic heterocycles. The van der Waals surface area contributed by atoms with Crippen LogP contribution in [-0.2, 0) is 6.54 Å². The molecule has 5 nitrogen and oxygen atoms in total. The number of fused-ring (bicyclic) bond motifs is 1. The summed E-state index contributed by atoms with van der Waals surface area (Å²) in [5.74, 6) is -0.280. The van der Waals surface area contributed by atoms with Crippen molar-refractivity contribution in [3.05, 3.63) is 58.4 Å². The molecule has 0 bridgehead atoms. The number of aromatic amines is 1. The summed E-state index contributed by atoms with van der Waals surface area (Å²) >= 11 is 0. The summed E-state index contributed by atoms with van der Waals surface area (Å²) in [6, 6.07) is 6.28. The Morgan fingerprint density at radius 1 is 1.12 bits per heavy atom. The SMILES string of the molecule is O=c1[nH]ccn2nc(-c3ccc(F)cc3)c(CN3CCCCC3)c12. The van der Waals surface area contributed by atoms with Crippen molar-refractivity contribution in [3.63, 3.8) is 0 Å². The van der Waals surface area contributed by atoms with E-state index in [-0.39, 0.29) is 11.4 Å². The van der Waals surface area contributed by atoms with E-state index < -0.39 is 0 Å². The van der Waals surface area contributed by atoms with Crippen LogP contribution in [0.2, 0.25) is 0 Å². The number of rotatable bonds is 3. The van der Waals surface area contributed by atoms with E-state index in [0.29, 0.717) is 12.1 Å². The maximum atomic E-state index is 13.3. The van der Waals surface area contributed by atoms with Crippen LogP contribution in [0.25, 0.3) is 16.8 Å². The molecule has 1 saturated heterocycles. The Hall–Kier alpha value is -2.47. The third-order valence-corrected chi connectivity index (χ3v) is 4.60. The molecule has 3 heterocycles. The van der Waals surface area contributed by atoms with E-state index in [1.807, 2.05) is 0 Å². The van der Waals surface area contributed by atoms with E-state index in [9.17, 15) is 9.18 Å². The Bertz CT molecular complexity index is 907. The van der Waals surface area contributed by atoms with E-state index in [4.69, 9.17) is 0 Å². The van der Waals surface area contributed by atoms with Gasteiger partial charge in [-0.05, 0) is 50.2 Å². The summed E-state index contributed by atoms with van der Waals surface area (Å²) in [5.41, 5.74) is 2.90. The number of nitrogens with zero attached hydrogens (tertiary/aromatic N) is 3. The lowest BCUT2D eigenvalue weighted by atomic mass is 10.0. The molecule has 124 valence electrons. The third-order valence-electron chi connectivity index (χ3n) is 4.60. The summed E-state index contributed by atoms with van der Waals surface area (Å²) in [7, 11) is 0. The fraction of sp³-hybridized carbons (Fsp3) is 0.333. The first kappa shape index (κ1) is 15.1. The Kier molecular flexibility index (Phi) is 3.90. The highest BCUT2D eigenvalue weighted by molar-refractivity contribution is 5.72. The summed E-state index contributed by atoms with van der Waals surface area (Å²) in [5, 5.41) is 4.59. The first-order chi connectivity index (χ1) is 11.7. The molecule has 1 aromatic carbocycles. The summed E-state index contributed by atoms with van der Waals surface area (Å²) < 4.78 is 14.9. The van der Waals surface area contributed by atoms with Crippen molar-refractivity contribution in [2.24, 2.45) is 0 Å². The molecule has 0 unspecified atom stereocenters. The van der Waals surface area contributed by atoms with Gasteiger partial charge in [0.2, 0.25) is 0 Å². The van der Waals surface area contributed by atoms with Gasteiger partial charge in [-0.1, -0.05) is 6.42 Å². The number of H-pyrrole nitrogens is 1. The van der Waals surface area contributed by atoms with E-state index in [2.05, 4.69) is 15.0 Å². The standard InChI is InChI=1S/C18H19FN4O/c19-14-6-4-13(5-7-14)16-15(12-22-9-2-1-3-10-22)17-18(24)20-8-11-23(17)21-16/h4-8,11H,1-3,9-10,12H2,(H,20,24). The zero-order valence-electron chi connectivity index (χ0n) is 13.3. The van der Waals surface area contributed by atoms with Crippen LogP contribution in [0.5, 0.6) is 0 Å². The van der Waals surface area contributed by atoms with Crippen molar-refractivity contribution >= 4 is 5.52 Å². The van der Waals surface area contributed by atoms with Crippen molar-refractivity contribution in [1.82, 2.24) is 19.5 Å². The van der Waals surface area contributed by atoms with Crippen molar-refractivity contribution in [2.45, 2.75) is 25.8 Å². The van der Waals surface area contributed by atoms with Gasteiger partial charge in [-0.3, -0.25) is 9.69 Å². The van der Waals surface area contributed by atoms with Gasteiger partial charge in [0, 0.05) is 30.1 Å². The summed E-state index contributed by atoms with van der Waals surface area (Å²) in [6.07, 6.45) is 6.95. The number of hydrogen-bond acceptors (Lipinski definition) is 3. The lowest BCUT2D eigenvalue weighted by Crippen LogP contribution is -2.29. The Balaban J connectivity index is 1.85. The predicted octanol–water partition coefficient (Wildman–Crippen LogP) is 2.81. The highest BCUT2D eigenvalue weighted by Crippen LogP contribution is 2.27. The van der Waals surface area contributed by atoms with Crippen LogP contribution in [0.4, 0.5) is 4.39 Å². The molecule has 24 heavy (non-hydrogen) atoms. The fourth-order valence-corrected chi connectivity index (χ4v) is 3.40. The second-order valence-electron chi connectivity index (χ2n) is 6.25. The minimum Gasteiger partial charge on any atom is -0.326 e. The second-order valence-corrected chi connectivity index (χ2v) is 6.25. The molecule has 1 aliphatic heterocycles. The zero-order chi connectivity index (χ0) is 16.5. The van der Waals surface area contributed by atoms with Crippen molar-refractivity contribution in [2.75, 3.05) is 13.1 Å². The van der Waals surface area contributed by atoms with Crippen molar-refractivity contribution in [1.29, 1.82) is 0 Å². The van der Waals surface area contributed by atoms with Gasteiger partial charge in [0.15, 0.2) is 0 Å². The van der Waals surface area contributed by atoms with Gasteiger partial charge < -0.3 is 4.98 Å². The maximum absolute atomic E-state index is 13.3. The highest BCUT2D eigenvalue weighted by Gasteiger charge is 2.20. The molecule has 3 aromatic rings. The smallest absolute Gasteiger partial charge is 0.274 e. The Labute approximate surface area is 138 Å². The zero-order valence-corrected chi connectivity index (χ0v) is 13.3. The van der Waals surface area contributed by atoms with Crippen LogP contribution in [0.1, 0.15) is 24.8 Å². The van der Waals surface area contributed by atoms with Crippen molar-refractivity contribution < 1.29 is 4.39 Å². The first-order valence-corrected chi connectivity index (χ1v) is 8.29. The quantitative estimate of drug-likeness (QED) is 0.805. The van der Waals surface area contributed by atoms with Gasteiger partial charge >= 0.3 is 0 Å². The minimum atomic E-state index is -0.280. The summed E-state index contributed by atoms with van der Waals surface area (Å²) in [4.78, 5) is 17.4. The number of piperidine rings is 1. The third kappa shape index (κ3) is 2.73. The fourth-order valence-electron chi connectivity index (χ4n) is 3.40. The molecule has 6 heteroatoms. The number of likely N-dealkylation sites (tertiary alicyclic amines) is 1. The largest absolute Gasteiger partial charge is 0.326 e. The summed E-state index contributed by atoms with van der Waals surface area (Å²) in [6.45, 7) is 2.75. The van der Waals surface area contributed by atoms with E-state index in [1.165, 1.54) is 31.4 Å². The van der Waals surface area contributed by atoms with E-state index in [0.717, 1.165) is 29.9 Å². The van der Waals surface area contributed by atoms with Crippen LogP contribution in [0.3, 0.4) is 0 Å². The molecule has 1 N–H and O–H groups in total. The van der Waals surface area contributed by atoms with Crippen LogP contribution in [0, 0.1) is 5.82 Å². The van der Waals surface area contributed by atoms with Gasteiger partial charge in [0.25, 0.3) is 5.56 Å². The topological polar surface area (TPSA) is 53.4 Å². The molecule has 0 radical (unpaired) electrons. The van der Waals surface area contributed by atoms with E-state index >= 15 is 0 Å². The lowest BCUT2D eigenvalue weighted by Gasteiger charge is -2.26. The molecule has 0 saturated carbocycles. The predicted molar refractivity (Wildman–Crippen MR) is 90.3 cm³/mol. The monoisotopic (exact) mass is 326 g/mol. The molecule has 4 rings (SSSR count). The average Bonchev–Trinajstić information content (AvgIpc) is 2.96. The number of nitrogens with one attached hydrogen (secondary N) is 1. The molecule has 0 amide bonds. The molecule has 0 aliphatic carbocycles. The second kappa shape index (κ2) is 6.20. The van der Waals surface area contributed by atoms with Gasteiger partial charge in [-0.25, -0.2) is 8.91 Å². The normalized spacial score (nSPS) is 15.9. The van der Waals surface area contributed by atoms with Gasteiger partial charge in [-0.15, -0.1) is 0 Å². The lowest BCUT2D eigenvalue weighted by molar-refractivity contribution is 0.222. The number of benzene rings is 1. The number of halogens is 1. The van der Waals surface area contributed by atoms with Gasteiger partial charge in [-0.2, -0.15) is 5.10 Å². The molecular weight excluding hydrogens is 307 g/mol. The average molecular weight is 326 g/mol. The minimum absolute atomic E-state index is 0.148. The number of hydrogen-bond donors (Lipinski definition) is 1. The molecule has 1 aliphatic rings. The Morgan fingerprint density at radius 2 is 1.88 bits per heavy atom. The molecular formula is C18H19FN4O. The first-order valence-electron chi connectivity index (χ1n) is 8.29. The van der Waals surface area contributed by atoms with Crippen LogP contribution in [-0.4, -0.2) is 32.6 Å². The van der Waals surface area contributed by atoms with Gasteiger partial charge in [0.05, 0.1) is 5.69 Å². The molecule has 1 fully saturated rings. The molecule has 0 spiro atoms. The number of aromatic nitrogens is 3. The van der Waals surface area contributed by atoms with E-state index in [1.54, 1.807) is 29.0 Å². The molecule has 0 atom stereocenters.